The summed E-state index contributed by atoms with van der Waals surface area (Å²) in [4.78, 5) is 12.1. The Bertz CT molecular complexity index is 757. The largest absolute Gasteiger partial charge is 0.507 e. The van der Waals surface area contributed by atoms with Gasteiger partial charge in [-0.15, -0.1) is 0 Å². The van der Waals surface area contributed by atoms with Crippen molar-refractivity contribution < 1.29 is 14.6 Å². The van der Waals surface area contributed by atoms with E-state index in [4.69, 9.17) is 4.74 Å². The molecule has 1 aliphatic heterocycles. The summed E-state index contributed by atoms with van der Waals surface area (Å²) in [5.41, 5.74) is 4.12. The number of unbranched alkanes of at least 4 members (excludes halogenated alkanes) is 2. The van der Waals surface area contributed by atoms with Crippen LogP contribution in [0.25, 0.3) is 5.57 Å². The van der Waals surface area contributed by atoms with Gasteiger partial charge in [0.05, 0.1) is 0 Å². The first kappa shape index (κ1) is 20.0. The first-order valence-electron chi connectivity index (χ1n) is 10.5. The monoisotopic (exact) mass is 370 g/mol. The van der Waals surface area contributed by atoms with Crippen molar-refractivity contribution in [3.8, 4) is 11.5 Å². The van der Waals surface area contributed by atoms with Crippen molar-refractivity contribution in [2.75, 3.05) is 0 Å². The average molecular weight is 371 g/mol. The minimum absolute atomic E-state index is 0.0639. The number of phenols is 1. The van der Waals surface area contributed by atoms with Gasteiger partial charge in [0.15, 0.2) is 0 Å². The van der Waals surface area contributed by atoms with Crippen molar-refractivity contribution in [3.63, 3.8) is 0 Å². The first-order chi connectivity index (χ1) is 12.7. The standard InChI is InChI=1S/C24H34O3/c1-6-7-8-9-15(2)16(3)17-12-21(26)23-19-14-18(25)10-11-20(19)24(4,5)27-22(23)13-17/h12-13,19-20,26H,6-11,14H2,1-5H3/t19-,20+/m0/s1. The second-order valence-electron chi connectivity index (χ2n) is 8.97. The Labute approximate surface area is 163 Å². The summed E-state index contributed by atoms with van der Waals surface area (Å²) in [5, 5.41) is 10.9. The van der Waals surface area contributed by atoms with Gasteiger partial charge in [0, 0.05) is 30.2 Å². The number of ether oxygens (including phenoxy) is 1. The van der Waals surface area contributed by atoms with E-state index >= 15 is 0 Å². The molecule has 0 aromatic heterocycles. The highest BCUT2D eigenvalue weighted by Gasteiger charge is 2.47. The second-order valence-corrected chi connectivity index (χ2v) is 8.97. The molecule has 0 radical (unpaired) electrons. The highest BCUT2D eigenvalue weighted by molar-refractivity contribution is 5.81. The SMILES string of the molecule is CCCCCC(C)=C(C)c1cc(O)c2c(c1)OC(C)(C)[C@@H]1CCC(=O)C[C@H]21. The normalized spacial score (nSPS) is 24.6. The maximum atomic E-state index is 12.1. The third-order valence-corrected chi connectivity index (χ3v) is 6.65. The molecule has 2 atom stereocenters. The van der Waals surface area contributed by atoms with Crippen LogP contribution in [0.15, 0.2) is 17.7 Å². The Morgan fingerprint density at radius 1 is 1.26 bits per heavy atom. The number of phenolic OH excluding ortho intramolecular Hbond substituents is 1. The number of benzene rings is 1. The van der Waals surface area contributed by atoms with E-state index < -0.39 is 0 Å². The Kier molecular flexibility index (Phi) is 5.69. The number of fused-ring (bicyclic) bond motifs is 3. The minimum atomic E-state index is -0.322. The molecular weight excluding hydrogens is 336 g/mol. The lowest BCUT2D eigenvalue weighted by atomic mass is 9.66. The zero-order valence-electron chi connectivity index (χ0n) is 17.5. The topological polar surface area (TPSA) is 46.5 Å². The van der Waals surface area contributed by atoms with E-state index in [0.29, 0.717) is 18.6 Å². The van der Waals surface area contributed by atoms with E-state index in [2.05, 4.69) is 40.7 Å². The van der Waals surface area contributed by atoms with Gasteiger partial charge in [-0.05, 0) is 70.2 Å². The van der Waals surface area contributed by atoms with Crippen LogP contribution in [0, 0.1) is 5.92 Å². The Morgan fingerprint density at radius 3 is 2.70 bits per heavy atom. The van der Waals surface area contributed by atoms with Crippen molar-refractivity contribution in [1.82, 2.24) is 0 Å². The number of aromatic hydroxyl groups is 1. The maximum Gasteiger partial charge on any atom is 0.133 e. The number of rotatable bonds is 5. The van der Waals surface area contributed by atoms with Crippen molar-refractivity contribution in [2.45, 2.75) is 91.1 Å². The summed E-state index contributed by atoms with van der Waals surface area (Å²) in [6, 6.07) is 3.94. The summed E-state index contributed by atoms with van der Waals surface area (Å²) in [7, 11) is 0. The number of ketones is 1. The third-order valence-electron chi connectivity index (χ3n) is 6.65. The lowest BCUT2D eigenvalue weighted by Gasteiger charge is -2.47. The van der Waals surface area contributed by atoms with Crippen LogP contribution in [0.3, 0.4) is 0 Å². The van der Waals surface area contributed by atoms with Gasteiger partial charge >= 0.3 is 0 Å². The minimum Gasteiger partial charge on any atom is -0.507 e. The lowest BCUT2D eigenvalue weighted by molar-refractivity contribution is -0.124. The van der Waals surface area contributed by atoms with E-state index in [1.54, 1.807) is 0 Å². The predicted octanol–water partition coefficient (Wildman–Crippen LogP) is 6.39. The molecule has 0 unspecified atom stereocenters. The molecule has 0 saturated heterocycles. The quantitative estimate of drug-likeness (QED) is 0.611. The van der Waals surface area contributed by atoms with Crippen LogP contribution in [0.2, 0.25) is 0 Å². The molecule has 3 rings (SSSR count). The van der Waals surface area contributed by atoms with Gasteiger partial charge in [0.25, 0.3) is 0 Å². The molecule has 1 N–H and O–H groups in total. The van der Waals surface area contributed by atoms with Crippen molar-refractivity contribution >= 4 is 11.4 Å². The zero-order valence-corrected chi connectivity index (χ0v) is 17.5. The van der Waals surface area contributed by atoms with Crippen molar-refractivity contribution in [3.05, 3.63) is 28.8 Å². The molecule has 0 amide bonds. The predicted molar refractivity (Wildman–Crippen MR) is 110 cm³/mol. The summed E-state index contributed by atoms with van der Waals surface area (Å²) in [6.45, 7) is 10.8. The van der Waals surface area contributed by atoms with Crippen LogP contribution in [-0.4, -0.2) is 16.5 Å². The third kappa shape index (κ3) is 3.93. The van der Waals surface area contributed by atoms with Crippen LogP contribution < -0.4 is 4.74 Å². The van der Waals surface area contributed by atoms with Crippen molar-refractivity contribution in [1.29, 1.82) is 0 Å². The second kappa shape index (κ2) is 7.69. The summed E-state index contributed by atoms with van der Waals surface area (Å²) >= 11 is 0. The fourth-order valence-corrected chi connectivity index (χ4v) is 4.86. The van der Waals surface area contributed by atoms with Gasteiger partial charge in [-0.1, -0.05) is 25.3 Å². The van der Waals surface area contributed by atoms with Gasteiger partial charge < -0.3 is 9.84 Å². The highest BCUT2D eigenvalue weighted by Crippen LogP contribution is 2.54. The number of allylic oxidation sites excluding steroid dienone is 2. The van der Waals surface area contributed by atoms with Crippen LogP contribution in [-0.2, 0) is 4.79 Å². The Balaban J connectivity index is 1.98. The van der Waals surface area contributed by atoms with Crippen LogP contribution in [0.5, 0.6) is 11.5 Å². The van der Waals surface area contributed by atoms with E-state index in [1.807, 2.05) is 6.07 Å². The molecule has 27 heavy (non-hydrogen) atoms. The zero-order chi connectivity index (χ0) is 19.8. The van der Waals surface area contributed by atoms with Crippen LogP contribution in [0.4, 0.5) is 0 Å². The number of hydrogen-bond donors (Lipinski definition) is 1. The van der Waals surface area contributed by atoms with E-state index in [1.165, 1.54) is 30.4 Å². The van der Waals surface area contributed by atoms with E-state index in [0.717, 1.165) is 29.7 Å². The van der Waals surface area contributed by atoms with Crippen LogP contribution >= 0.6 is 0 Å². The number of carbonyl (C=O) groups excluding carboxylic acids is 1. The number of hydrogen-bond acceptors (Lipinski definition) is 3. The average Bonchev–Trinajstić information content (AvgIpc) is 2.59. The molecule has 1 fully saturated rings. The fraction of sp³-hybridized carbons (Fsp3) is 0.625. The molecule has 3 heteroatoms. The Morgan fingerprint density at radius 2 is 2.00 bits per heavy atom. The van der Waals surface area contributed by atoms with Gasteiger partial charge in [0.2, 0.25) is 0 Å². The van der Waals surface area contributed by atoms with Crippen molar-refractivity contribution in [2.24, 2.45) is 5.92 Å². The fourth-order valence-electron chi connectivity index (χ4n) is 4.86. The molecule has 3 nitrogen and oxygen atoms in total. The first-order valence-corrected chi connectivity index (χ1v) is 10.5. The van der Waals surface area contributed by atoms with Gasteiger partial charge in [-0.25, -0.2) is 0 Å². The smallest absolute Gasteiger partial charge is 0.133 e. The van der Waals surface area contributed by atoms with Gasteiger partial charge in [0.1, 0.15) is 22.9 Å². The highest BCUT2D eigenvalue weighted by atomic mass is 16.5. The summed E-state index contributed by atoms with van der Waals surface area (Å²) in [5.74, 6) is 1.67. The molecule has 0 spiro atoms. The molecule has 1 aromatic carbocycles. The van der Waals surface area contributed by atoms with E-state index in [-0.39, 0.29) is 23.2 Å². The molecular formula is C24H34O3. The molecule has 1 saturated carbocycles. The van der Waals surface area contributed by atoms with Crippen LogP contribution in [0.1, 0.15) is 96.6 Å². The molecule has 148 valence electrons. The van der Waals surface area contributed by atoms with Gasteiger partial charge in [-0.3, -0.25) is 4.79 Å². The lowest BCUT2D eigenvalue weighted by Crippen LogP contribution is -2.47. The molecule has 2 aliphatic rings. The van der Waals surface area contributed by atoms with Gasteiger partial charge in [-0.2, -0.15) is 0 Å². The molecule has 0 bridgehead atoms. The molecule has 1 aliphatic carbocycles. The molecule has 1 aromatic rings. The van der Waals surface area contributed by atoms with E-state index in [9.17, 15) is 9.90 Å². The Hall–Kier alpha value is -1.77. The number of carbonyl (C=O) groups is 1. The number of Topliss-reactive ketones (excluding diaryl/α,β-unsaturated/α-hetero) is 1. The molecule has 1 heterocycles. The summed E-state index contributed by atoms with van der Waals surface area (Å²) in [6.07, 6.45) is 6.73. The maximum absolute atomic E-state index is 12.1. The summed E-state index contributed by atoms with van der Waals surface area (Å²) < 4.78 is 6.38.